The number of hydrogen-bond acceptors (Lipinski definition) is 3. The third-order valence-corrected chi connectivity index (χ3v) is 7.84. The number of nitrogens with zero attached hydrogens (tertiary/aromatic N) is 2. The maximum absolute atomic E-state index is 12.0. The molecule has 5 rings (SSSR count). The van der Waals surface area contributed by atoms with Crippen molar-refractivity contribution in [3.63, 3.8) is 0 Å². The number of fused-ring (bicyclic) bond motifs is 2. The Kier molecular flexibility index (Phi) is 5.87. The van der Waals surface area contributed by atoms with Crippen molar-refractivity contribution in [2.24, 2.45) is 0 Å². The van der Waals surface area contributed by atoms with Crippen molar-refractivity contribution in [3.05, 3.63) is 98.2 Å². The standard InChI is InChI=1S/C25H23BrCl2N2O/c26-23-11-5-10-22(29-23)16-14-17-12-13-25(31,15-16)30(17)24(18-6-1-3-8-20(18)27)19-7-2-4-9-21(19)28/h1-11,16-17,24,31H,12-15H2. The SMILES string of the molecule is OC12CCC(CC(c3cccc(Br)n3)C1)N2C(c1ccccc1Cl)c1ccccc1Cl. The van der Waals surface area contributed by atoms with Crippen LogP contribution in [0.5, 0.6) is 0 Å². The predicted octanol–water partition coefficient (Wildman–Crippen LogP) is 6.97. The Labute approximate surface area is 201 Å². The van der Waals surface area contributed by atoms with Gasteiger partial charge in [-0.3, -0.25) is 4.90 Å². The summed E-state index contributed by atoms with van der Waals surface area (Å²) in [5.41, 5.74) is 2.04. The molecule has 160 valence electrons. The summed E-state index contributed by atoms with van der Waals surface area (Å²) in [5.74, 6) is 0.212. The van der Waals surface area contributed by atoms with Gasteiger partial charge in [-0.2, -0.15) is 0 Å². The lowest BCUT2D eigenvalue weighted by Crippen LogP contribution is -2.54. The number of halogens is 3. The first-order valence-electron chi connectivity index (χ1n) is 10.6. The highest BCUT2D eigenvalue weighted by atomic mass is 79.9. The van der Waals surface area contributed by atoms with Gasteiger partial charge in [0.15, 0.2) is 0 Å². The van der Waals surface area contributed by atoms with E-state index < -0.39 is 5.72 Å². The summed E-state index contributed by atoms with van der Waals surface area (Å²) < 4.78 is 0.830. The van der Waals surface area contributed by atoms with Crippen molar-refractivity contribution in [1.29, 1.82) is 0 Å². The summed E-state index contributed by atoms with van der Waals surface area (Å²) in [6.07, 6.45) is 3.25. The Morgan fingerprint density at radius 3 is 2.19 bits per heavy atom. The molecule has 3 atom stereocenters. The van der Waals surface area contributed by atoms with E-state index in [1.54, 1.807) is 0 Å². The lowest BCUT2D eigenvalue weighted by Gasteiger charge is -2.48. The molecule has 2 aliphatic rings. The molecule has 31 heavy (non-hydrogen) atoms. The summed E-state index contributed by atoms with van der Waals surface area (Å²) in [4.78, 5) is 6.95. The fourth-order valence-electron chi connectivity index (χ4n) is 5.44. The number of aliphatic hydroxyl groups is 1. The van der Waals surface area contributed by atoms with E-state index in [-0.39, 0.29) is 18.0 Å². The Hall–Kier alpha value is -1.43. The fraction of sp³-hybridized carbons (Fsp3) is 0.320. The maximum atomic E-state index is 12.0. The number of piperidine rings is 1. The van der Waals surface area contributed by atoms with Gasteiger partial charge in [-0.25, -0.2) is 4.98 Å². The van der Waals surface area contributed by atoms with Gasteiger partial charge >= 0.3 is 0 Å². The lowest BCUT2D eigenvalue weighted by atomic mass is 9.83. The molecule has 0 aliphatic carbocycles. The van der Waals surface area contributed by atoms with Crippen LogP contribution in [0, 0.1) is 0 Å². The van der Waals surface area contributed by atoms with E-state index >= 15 is 0 Å². The van der Waals surface area contributed by atoms with Gasteiger partial charge in [0, 0.05) is 27.7 Å². The summed E-state index contributed by atoms with van der Waals surface area (Å²) in [6, 6.07) is 21.8. The molecular weight excluding hydrogens is 495 g/mol. The van der Waals surface area contributed by atoms with Gasteiger partial charge in [-0.15, -0.1) is 0 Å². The van der Waals surface area contributed by atoms with Crippen molar-refractivity contribution >= 4 is 39.1 Å². The van der Waals surface area contributed by atoms with Crippen LogP contribution in [-0.2, 0) is 0 Å². The molecule has 1 N–H and O–H groups in total. The topological polar surface area (TPSA) is 36.4 Å². The normalized spacial score (nSPS) is 25.8. The molecule has 3 heterocycles. The second-order valence-corrected chi connectivity index (χ2v) is 10.2. The largest absolute Gasteiger partial charge is 0.376 e. The summed E-state index contributed by atoms with van der Waals surface area (Å²) in [6.45, 7) is 0. The van der Waals surface area contributed by atoms with Gasteiger partial charge in [-0.05, 0) is 77.0 Å². The smallest absolute Gasteiger partial charge is 0.120 e. The van der Waals surface area contributed by atoms with Crippen LogP contribution in [-0.4, -0.2) is 26.8 Å². The van der Waals surface area contributed by atoms with Gasteiger partial charge in [0.2, 0.25) is 0 Å². The molecule has 1 aromatic heterocycles. The summed E-state index contributed by atoms with van der Waals surface area (Å²) in [7, 11) is 0. The minimum Gasteiger partial charge on any atom is -0.376 e. The van der Waals surface area contributed by atoms with Crippen LogP contribution in [0.1, 0.15) is 54.5 Å². The van der Waals surface area contributed by atoms with E-state index in [0.717, 1.165) is 40.7 Å². The van der Waals surface area contributed by atoms with Crippen LogP contribution in [0.25, 0.3) is 0 Å². The van der Waals surface area contributed by atoms with E-state index in [0.29, 0.717) is 16.5 Å². The van der Waals surface area contributed by atoms with Crippen LogP contribution >= 0.6 is 39.1 Å². The zero-order valence-electron chi connectivity index (χ0n) is 16.9. The number of pyridine rings is 1. The molecule has 3 unspecified atom stereocenters. The van der Waals surface area contributed by atoms with Crippen LogP contribution in [0.3, 0.4) is 0 Å². The van der Waals surface area contributed by atoms with Crippen molar-refractivity contribution in [2.45, 2.75) is 49.4 Å². The zero-order chi connectivity index (χ0) is 21.6. The van der Waals surface area contributed by atoms with Crippen LogP contribution in [0.4, 0.5) is 0 Å². The molecule has 0 saturated carbocycles. The quantitative estimate of drug-likeness (QED) is 0.379. The number of rotatable bonds is 4. The maximum Gasteiger partial charge on any atom is 0.120 e. The molecule has 0 amide bonds. The number of aromatic nitrogens is 1. The first-order chi connectivity index (χ1) is 15.0. The van der Waals surface area contributed by atoms with Crippen molar-refractivity contribution < 1.29 is 5.11 Å². The molecular formula is C25H23BrCl2N2O. The molecule has 6 heteroatoms. The molecule has 2 aromatic carbocycles. The number of hydrogen-bond donors (Lipinski definition) is 1. The Bertz CT molecular complexity index is 1060. The highest BCUT2D eigenvalue weighted by Crippen LogP contribution is 2.54. The molecule has 0 spiro atoms. The molecule has 2 aliphatic heterocycles. The average molecular weight is 518 g/mol. The first kappa shape index (κ1) is 21.4. The fourth-order valence-corrected chi connectivity index (χ4v) is 6.28. The van der Waals surface area contributed by atoms with Gasteiger partial charge in [0.1, 0.15) is 10.3 Å². The van der Waals surface area contributed by atoms with Crippen LogP contribution in [0.2, 0.25) is 10.0 Å². The number of benzene rings is 2. The summed E-state index contributed by atoms with van der Waals surface area (Å²) in [5, 5.41) is 13.3. The third-order valence-electron chi connectivity index (χ3n) is 6.71. The molecule has 2 bridgehead atoms. The monoisotopic (exact) mass is 516 g/mol. The highest BCUT2D eigenvalue weighted by molar-refractivity contribution is 9.10. The van der Waals surface area contributed by atoms with Gasteiger partial charge < -0.3 is 5.11 Å². The van der Waals surface area contributed by atoms with E-state index in [2.05, 4.69) is 31.9 Å². The predicted molar refractivity (Wildman–Crippen MR) is 128 cm³/mol. The first-order valence-corrected chi connectivity index (χ1v) is 12.1. The van der Waals surface area contributed by atoms with Gasteiger partial charge in [-0.1, -0.05) is 65.7 Å². The van der Waals surface area contributed by atoms with Crippen LogP contribution in [0.15, 0.2) is 71.3 Å². The molecule has 3 nitrogen and oxygen atoms in total. The Morgan fingerprint density at radius 1 is 0.968 bits per heavy atom. The van der Waals surface area contributed by atoms with Crippen molar-refractivity contribution in [3.8, 4) is 0 Å². The van der Waals surface area contributed by atoms with Gasteiger partial charge in [0.25, 0.3) is 0 Å². The van der Waals surface area contributed by atoms with Crippen molar-refractivity contribution in [2.75, 3.05) is 0 Å². The average Bonchev–Trinajstić information content (AvgIpc) is 2.95. The third kappa shape index (κ3) is 3.94. The van der Waals surface area contributed by atoms with Gasteiger partial charge in [0.05, 0.1) is 6.04 Å². The van der Waals surface area contributed by atoms with E-state index in [1.807, 2.05) is 60.7 Å². The minimum absolute atomic E-state index is 0.210. The zero-order valence-corrected chi connectivity index (χ0v) is 20.0. The highest BCUT2D eigenvalue weighted by Gasteiger charge is 2.54. The van der Waals surface area contributed by atoms with Crippen LogP contribution < -0.4 is 0 Å². The molecule has 2 saturated heterocycles. The minimum atomic E-state index is -0.944. The Balaban J connectivity index is 1.58. The second-order valence-electron chi connectivity index (χ2n) is 8.55. The molecule has 2 fully saturated rings. The molecule has 0 radical (unpaired) electrons. The summed E-state index contributed by atoms with van der Waals surface area (Å²) >= 11 is 16.8. The van der Waals surface area contributed by atoms with Crippen molar-refractivity contribution in [1.82, 2.24) is 9.88 Å². The second kappa shape index (κ2) is 8.49. The van der Waals surface area contributed by atoms with E-state index in [4.69, 9.17) is 23.2 Å². The van der Waals surface area contributed by atoms with E-state index in [1.165, 1.54) is 0 Å². The Morgan fingerprint density at radius 2 is 1.61 bits per heavy atom. The van der Waals surface area contributed by atoms with E-state index in [9.17, 15) is 5.11 Å². The molecule has 3 aromatic rings. The lowest BCUT2D eigenvalue weighted by molar-refractivity contribution is -0.139.